The topological polar surface area (TPSA) is 30.5 Å². The van der Waals surface area contributed by atoms with Crippen LogP contribution in [0.15, 0.2) is 18.2 Å². The fraction of sp³-hybridized carbons (Fsp3) is 0.625. The molecule has 1 N–H and O–H groups in total. The van der Waals surface area contributed by atoms with E-state index >= 15 is 0 Å². The second-order valence-electron chi connectivity index (χ2n) is 5.63. The van der Waals surface area contributed by atoms with Crippen LogP contribution in [0.1, 0.15) is 36.4 Å². The van der Waals surface area contributed by atoms with Crippen LogP contribution in [-0.2, 0) is 11.2 Å². The normalized spacial score (nSPS) is 26.2. The summed E-state index contributed by atoms with van der Waals surface area (Å²) in [7, 11) is 2.04. The molecule has 3 nitrogen and oxygen atoms in total. The van der Waals surface area contributed by atoms with Gasteiger partial charge < -0.3 is 14.8 Å². The van der Waals surface area contributed by atoms with Crippen molar-refractivity contribution in [1.82, 2.24) is 5.32 Å². The van der Waals surface area contributed by atoms with Crippen LogP contribution in [0.4, 0.5) is 0 Å². The summed E-state index contributed by atoms with van der Waals surface area (Å²) >= 11 is 0. The molecule has 0 amide bonds. The fourth-order valence-electron chi connectivity index (χ4n) is 3.10. The van der Waals surface area contributed by atoms with Gasteiger partial charge in [-0.2, -0.15) is 0 Å². The molecule has 19 heavy (non-hydrogen) atoms. The van der Waals surface area contributed by atoms with Gasteiger partial charge in [0.05, 0.1) is 13.2 Å². The van der Waals surface area contributed by atoms with E-state index in [1.54, 1.807) is 0 Å². The quantitative estimate of drug-likeness (QED) is 0.904. The number of rotatable bonds is 4. The van der Waals surface area contributed by atoms with E-state index in [-0.39, 0.29) is 0 Å². The zero-order valence-electron chi connectivity index (χ0n) is 11.7. The lowest BCUT2D eigenvalue weighted by Gasteiger charge is -2.25. The summed E-state index contributed by atoms with van der Waals surface area (Å²) in [5.74, 6) is 1.57. The van der Waals surface area contributed by atoms with Crippen LogP contribution >= 0.6 is 0 Å². The zero-order valence-corrected chi connectivity index (χ0v) is 11.7. The van der Waals surface area contributed by atoms with Crippen LogP contribution in [0.3, 0.4) is 0 Å². The predicted molar refractivity (Wildman–Crippen MR) is 75.6 cm³/mol. The zero-order chi connectivity index (χ0) is 13.1. The predicted octanol–water partition coefficient (Wildman–Crippen LogP) is 2.70. The van der Waals surface area contributed by atoms with Crippen molar-refractivity contribution < 1.29 is 9.47 Å². The van der Waals surface area contributed by atoms with E-state index in [0.717, 1.165) is 32.0 Å². The molecule has 0 saturated carbocycles. The van der Waals surface area contributed by atoms with Crippen molar-refractivity contribution in [2.75, 3.05) is 26.9 Å². The molecule has 1 heterocycles. The number of hydrogen-bond donors (Lipinski definition) is 1. The van der Waals surface area contributed by atoms with Gasteiger partial charge in [0.1, 0.15) is 5.75 Å². The van der Waals surface area contributed by atoms with Gasteiger partial charge >= 0.3 is 0 Å². The van der Waals surface area contributed by atoms with Crippen molar-refractivity contribution in [1.29, 1.82) is 0 Å². The van der Waals surface area contributed by atoms with Gasteiger partial charge in [0.2, 0.25) is 0 Å². The lowest BCUT2D eigenvalue weighted by atomic mass is 9.87. The van der Waals surface area contributed by atoms with Crippen LogP contribution in [-0.4, -0.2) is 26.9 Å². The number of ether oxygens (including phenoxy) is 2. The fourth-order valence-corrected chi connectivity index (χ4v) is 3.10. The second-order valence-corrected chi connectivity index (χ2v) is 5.63. The van der Waals surface area contributed by atoms with Gasteiger partial charge in [-0.15, -0.1) is 0 Å². The number of nitrogens with one attached hydrogen (secondary N) is 1. The SMILES string of the molecule is CNC1CCCc2ccc(OCC3CCOC3)cc21. The molecule has 3 rings (SSSR count). The first-order valence-corrected chi connectivity index (χ1v) is 7.37. The molecule has 2 unspecified atom stereocenters. The van der Waals surface area contributed by atoms with Gasteiger partial charge in [-0.1, -0.05) is 6.07 Å². The van der Waals surface area contributed by atoms with E-state index in [9.17, 15) is 0 Å². The maximum absolute atomic E-state index is 5.94. The minimum atomic E-state index is 0.488. The molecular weight excluding hydrogens is 238 g/mol. The van der Waals surface area contributed by atoms with Gasteiger partial charge in [-0.05, 0) is 56.0 Å². The average molecular weight is 261 g/mol. The van der Waals surface area contributed by atoms with Crippen LogP contribution in [0.5, 0.6) is 5.75 Å². The van der Waals surface area contributed by atoms with E-state index in [1.807, 2.05) is 7.05 Å². The summed E-state index contributed by atoms with van der Waals surface area (Å²) < 4.78 is 11.3. The Labute approximate surface area is 115 Å². The Morgan fingerprint density at radius 3 is 3.11 bits per heavy atom. The lowest BCUT2D eigenvalue weighted by Crippen LogP contribution is -2.21. The minimum Gasteiger partial charge on any atom is -0.493 e. The van der Waals surface area contributed by atoms with Crippen molar-refractivity contribution in [3.63, 3.8) is 0 Å². The summed E-state index contributed by atoms with van der Waals surface area (Å²) in [6, 6.07) is 7.07. The summed E-state index contributed by atoms with van der Waals surface area (Å²) in [6.07, 6.45) is 4.83. The monoisotopic (exact) mass is 261 g/mol. The third kappa shape index (κ3) is 2.93. The van der Waals surface area contributed by atoms with E-state index in [2.05, 4.69) is 23.5 Å². The number of benzene rings is 1. The summed E-state index contributed by atoms with van der Waals surface area (Å²) in [6.45, 7) is 2.52. The minimum absolute atomic E-state index is 0.488. The highest BCUT2D eigenvalue weighted by Gasteiger charge is 2.20. The smallest absolute Gasteiger partial charge is 0.119 e. The highest BCUT2D eigenvalue weighted by Crippen LogP contribution is 2.32. The molecule has 1 saturated heterocycles. The Kier molecular flexibility index (Phi) is 4.04. The highest BCUT2D eigenvalue weighted by atomic mass is 16.5. The molecule has 1 aromatic carbocycles. The van der Waals surface area contributed by atoms with Gasteiger partial charge in [-0.3, -0.25) is 0 Å². The summed E-state index contributed by atoms with van der Waals surface area (Å²) in [5.41, 5.74) is 2.90. The Morgan fingerprint density at radius 1 is 1.37 bits per heavy atom. The van der Waals surface area contributed by atoms with Crippen molar-refractivity contribution in [3.8, 4) is 5.75 Å². The Hall–Kier alpha value is -1.06. The number of hydrogen-bond acceptors (Lipinski definition) is 3. The van der Waals surface area contributed by atoms with Crippen molar-refractivity contribution in [2.45, 2.75) is 31.7 Å². The van der Waals surface area contributed by atoms with E-state index in [0.29, 0.717) is 12.0 Å². The van der Waals surface area contributed by atoms with Crippen LogP contribution < -0.4 is 10.1 Å². The van der Waals surface area contributed by atoms with Crippen LogP contribution in [0.25, 0.3) is 0 Å². The van der Waals surface area contributed by atoms with Crippen LogP contribution in [0, 0.1) is 5.92 Å². The third-order valence-corrected chi connectivity index (χ3v) is 4.29. The van der Waals surface area contributed by atoms with Crippen molar-refractivity contribution in [3.05, 3.63) is 29.3 Å². The Bertz CT molecular complexity index is 427. The van der Waals surface area contributed by atoms with Gasteiger partial charge in [0.25, 0.3) is 0 Å². The Balaban J connectivity index is 1.68. The number of aryl methyl sites for hydroxylation is 1. The molecule has 3 heteroatoms. The van der Waals surface area contributed by atoms with Crippen molar-refractivity contribution >= 4 is 0 Å². The molecule has 0 aromatic heterocycles. The first kappa shape index (κ1) is 12.9. The molecule has 1 aliphatic heterocycles. The average Bonchev–Trinajstić information content (AvgIpc) is 2.97. The van der Waals surface area contributed by atoms with Gasteiger partial charge in [-0.25, -0.2) is 0 Å². The van der Waals surface area contributed by atoms with Crippen LogP contribution in [0.2, 0.25) is 0 Å². The van der Waals surface area contributed by atoms with E-state index in [1.165, 1.54) is 30.4 Å². The second kappa shape index (κ2) is 5.93. The molecule has 2 aliphatic rings. The standard InChI is InChI=1S/C16H23NO2/c1-17-16-4-2-3-13-5-6-14(9-15(13)16)19-11-12-7-8-18-10-12/h5-6,9,12,16-17H,2-4,7-8,10-11H2,1H3. The molecule has 1 aliphatic carbocycles. The highest BCUT2D eigenvalue weighted by molar-refractivity contribution is 5.39. The van der Waals surface area contributed by atoms with Crippen molar-refractivity contribution in [2.24, 2.45) is 5.92 Å². The summed E-state index contributed by atoms with van der Waals surface area (Å²) in [4.78, 5) is 0. The molecule has 0 radical (unpaired) electrons. The number of fused-ring (bicyclic) bond motifs is 1. The largest absolute Gasteiger partial charge is 0.493 e. The molecule has 104 valence electrons. The van der Waals surface area contributed by atoms with E-state index < -0.39 is 0 Å². The summed E-state index contributed by atoms with van der Waals surface area (Å²) in [5, 5.41) is 3.41. The molecule has 1 aromatic rings. The lowest BCUT2D eigenvalue weighted by molar-refractivity contribution is 0.167. The maximum Gasteiger partial charge on any atom is 0.119 e. The third-order valence-electron chi connectivity index (χ3n) is 4.29. The molecular formula is C16H23NO2. The maximum atomic E-state index is 5.94. The molecule has 2 atom stereocenters. The van der Waals surface area contributed by atoms with E-state index in [4.69, 9.17) is 9.47 Å². The first-order valence-electron chi connectivity index (χ1n) is 7.37. The molecule has 1 fully saturated rings. The molecule has 0 spiro atoms. The Morgan fingerprint density at radius 2 is 2.32 bits per heavy atom. The van der Waals surface area contributed by atoms with Gasteiger partial charge in [0, 0.05) is 18.6 Å². The first-order chi connectivity index (χ1) is 9.36. The van der Waals surface area contributed by atoms with Gasteiger partial charge in [0.15, 0.2) is 0 Å². The molecule has 0 bridgehead atoms.